The largest absolute Gasteiger partial charge is 0.415 e. The van der Waals surface area contributed by atoms with Crippen molar-refractivity contribution in [3.05, 3.63) is 0 Å². The smallest absolute Gasteiger partial charge is 0.394 e. The lowest BCUT2D eigenvalue weighted by Gasteiger charge is -2.42. The van der Waals surface area contributed by atoms with Crippen LogP contribution in [0.5, 0.6) is 0 Å². The van der Waals surface area contributed by atoms with Gasteiger partial charge in [-0.15, -0.1) is 0 Å². The Bertz CT molecular complexity index is 2470. The molecule has 0 saturated carbocycles. The van der Waals surface area contributed by atoms with Crippen LogP contribution in [0.25, 0.3) is 0 Å². The zero-order valence-electron chi connectivity index (χ0n) is 61.5. The number of aliphatic hydroxyl groups is 9. The van der Waals surface area contributed by atoms with E-state index in [1.807, 2.05) is 0 Å². The van der Waals surface area contributed by atoms with Crippen LogP contribution < -0.4 is 16.0 Å². The van der Waals surface area contributed by atoms with Crippen LogP contribution in [-0.4, -0.2) is 328 Å². The second-order valence-corrected chi connectivity index (χ2v) is 38.3. The molecule has 18 atom stereocenters. The number of nitrogens with one attached hydrogen (secondary N) is 3. The minimum absolute atomic E-state index is 0.000662. The Morgan fingerprint density at radius 2 is 0.794 bits per heavy atom. The van der Waals surface area contributed by atoms with Crippen LogP contribution in [0.3, 0.4) is 0 Å². The van der Waals surface area contributed by atoms with Crippen molar-refractivity contribution in [1.82, 2.24) is 16.0 Å². The van der Waals surface area contributed by atoms with Crippen molar-refractivity contribution >= 4 is 91.6 Å². The molecule has 0 radical (unpaired) electrons. The zero-order valence-corrected chi connectivity index (χ0v) is 68.4. The van der Waals surface area contributed by atoms with E-state index >= 15 is 0 Å². The standard InChI is InChI=1S/C58H115N3O38P4S4/c1-41(66)46(34-63)97-55(45(33-62)59-42(2)67)87-23-9-12-26-91-101(76,105-80-6)94-30-16-20-84-38-58(37-83-19-15-29-90-100(74,75)104-79-5,39-85-21-17-31-95-102(77,106-81-7)92-27-13-10-24-88-56-49(60-43(3)68)53(72)51(70)47(35-64)98-56)40-86-22-18-32-96-103(78,107-82-8)93-28-14-11-25-89-57-50(61-44(4)69)54(73)52(71)48(36-65)99-57/h41,45-57,62-66,70-73H,9-40H2,1-8H3,(H,59,67)(H,60,68)(H,61,69)(H,74,75)/t41-,45+,46?,47?,48?,49?,50?,51?,52?,53?,54?,55?,56?,57?,58?,101?,102?,103?/m1/s1. The molecule has 41 nitrogen and oxygen atoms in total. The number of ether oxygens (including phenoxy) is 10. The highest BCUT2D eigenvalue weighted by Crippen LogP contribution is 2.62. The van der Waals surface area contributed by atoms with Crippen LogP contribution in [0.1, 0.15) is 91.9 Å². The quantitative estimate of drug-likeness (QED) is 0.0180. The van der Waals surface area contributed by atoms with Gasteiger partial charge in [0.1, 0.15) is 108 Å². The summed E-state index contributed by atoms with van der Waals surface area (Å²) < 4.78 is 172. The molecule has 3 amide bonds. The highest BCUT2D eigenvalue weighted by Gasteiger charge is 2.47. The number of carbonyl (C=O) groups is 3. The lowest BCUT2D eigenvalue weighted by Crippen LogP contribution is -2.64. The Morgan fingerprint density at radius 1 is 0.458 bits per heavy atom. The fourth-order valence-electron chi connectivity index (χ4n) is 9.55. The van der Waals surface area contributed by atoms with Crippen LogP contribution in [0.4, 0.5) is 0 Å². The first-order valence-corrected chi connectivity index (χ1v) is 45.9. The van der Waals surface area contributed by atoms with E-state index in [1.54, 1.807) is 0 Å². The summed E-state index contributed by atoms with van der Waals surface area (Å²) in [6.07, 6.45) is -11.9. The molecule has 16 unspecified atom stereocenters. The third-order valence-corrected chi connectivity index (χ3v) is 25.7. The average molecular weight is 1710 g/mol. The van der Waals surface area contributed by atoms with Gasteiger partial charge in [0.2, 0.25) is 17.7 Å². The molecule has 49 heteroatoms. The van der Waals surface area contributed by atoms with Crippen molar-refractivity contribution in [1.29, 1.82) is 0 Å². The molecule has 13 N–H and O–H groups in total. The van der Waals surface area contributed by atoms with Gasteiger partial charge in [0.25, 0.3) is 0 Å². The summed E-state index contributed by atoms with van der Waals surface area (Å²) >= 11 is 1.72. The number of carbonyl (C=O) groups excluding carboxylic acids is 3. The van der Waals surface area contributed by atoms with Crippen molar-refractivity contribution in [2.24, 2.45) is 5.41 Å². The summed E-state index contributed by atoms with van der Waals surface area (Å²) in [7, 11) is 5.04. The third-order valence-electron chi connectivity index (χ3n) is 14.7. The molecule has 2 rings (SSSR count). The van der Waals surface area contributed by atoms with Crippen molar-refractivity contribution in [3.63, 3.8) is 0 Å². The van der Waals surface area contributed by atoms with Crippen LogP contribution in [0.15, 0.2) is 0 Å². The lowest BCUT2D eigenvalue weighted by atomic mass is 9.92. The Labute approximate surface area is 640 Å². The molecule has 2 aliphatic heterocycles. The molecule has 0 aliphatic carbocycles. The minimum Gasteiger partial charge on any atom is -0.394 e. The molecule has 0 spiro atoms. The monoisotopic (exact) mass is 1710 g/mol. The summed E-state index contributed by atoms with van der Waals surface area (Å²) in [5, 5.41) is 98.2. The molecule has 0 aromatic heterocycles. The van der Waals surface area contributed by atoms with Gasteiger partial charge in [-0.2, -0.15) is 0 Å². The molecule has 2 heterocycles. The van der Waals surface area contributed by atoms with Crippen LogP contribution >= 0.6 is 73.8 Å². The molecule has 634 valence electrons. The maximum Gasteiger partial charge on any atom is 0.415 e. The van der Waals surface area contributed by atoms with Crippen molar-refractivity contribution < 1.29 is 179 Å². The fraction of sp³-hybridized carbons (Fsp3) is 0.948. The first-order chi connectivity index (χ1) is 51.0. The number of rotatable bonds is 68. The predicted octanol–water partition coefficient (Wildman–Crippen LogP) is 2.18. The summed E-state index contributed by atoms with van der Waals surface area (Å²) in [4.78, 5) is 45.5. The van der Waals surface area contributed by atoms with E-state index in [2.05, 4.69) is 16.0 Å². The third kappa shape index (κ3) is 43.3. The molecular formula is C58H115N3O38P4S4. The van der Waals surface area contributed by atoms with Gasteiger partial charge in [-0.1, -0.05) is 0 Å². The molecule has 2 aliphatic rings. The van der Waals surface area contributed by atoms with E-state index in [0.717, 1.165) is 0 Å². The SMILES string of the molecule is COSP(=O)(O)OCCCOCC(COCCCOP(=O)(OCCCCOC1OC(CO)C(O)C(O)C1NC(C)=O)SOC)(COCCCOP(=O)(OCCCCOC1OC(CO)C(O)C(O)C1NC(C)=O)SOC)COCCCOP(=O)(OCCCCOC(OC(CO)[C@@H](C)O)[C@H](CO)NC(C)=O)SOC. The maximum atomic E-state index is 13.8. The van der Waals surface area contributed by atoms with Gasteiger partial charge in [-0.3, -0.25) is 46.0 Å². The van der Waals surface area contributed by atoms with Gasteiger partial charge in [0.05, 0.1) is 139 Å². The minimum atomic E-state index is -4.13. The molecular weight excluding hydrogens is 1600 g/mol. The normalized spacial score (nSPS) is 24.6. The summed E-state index contributed by atoms with van der Waals surface area (Å²) in [5.74, 6) is -1.53. The number of hydrogen-bond acceptors (Lipinski definition) is 41. The van der Waals surface area contributed by atoms with E-state index in [0.29, 0.717) is 54.3 Å². The highest BCUT2D eigenvalue weighted by molar-refractivity contribution is 8.53. The Kier molecular flexibility index (Phi) is 55.9. The van der Waals surface area contributed by atoms with E-state index in [-0.39, 0.29) is 176 Å². The van der Waals surface area contributed by atoms with Crippen LogP contribution in [0.2, 0.25) is 0 Å². The van der Waals surface area contributed by atoms with E-state index in [9.17, 15) is 83.5 Å². The topological polar surface area (TPSA) is 552 Å². The molecule has 2 saturated heterocycles. The molecule has 0 bridgehead atoms. The maximum absolute atomic E-state index is 13.8. The average Bonchev–Trinajstić information content (AvgIpc) is 0.813. The number of unbranched alkanes of at least 4 members (excludes halogenated alkanes) is 3. The van der Waals surface area contributed by atoms with Gasteiger partial charge in [-0.05, 0) is 71.1 Å². The highest BCUT2D eigenvalue weighted by atomic mass is 32.8. The second-order valence-electron chi connectivity index (χ2n) is 23.8. The van der Waals surface area contributed by atoms with Gasteiger partial charge in [0.15, 0.2) is 18.9 Å². The fourth-order valence-corrected chi connectivity index (χ4v) is 18.0. The molecule has 107 heavy (non-hydrogen) atoms. The predicted molar refractivity (Wildman–Crippen MR) is 385 cm³/mol. The summed E-state index contributed by atoms with van der Waals surface area (Å²) in [6.45, 7) is -14.7. The van der Waals surface area contributed by atoms with Gasteiger partial charge < -0.3 is 131 Å². The number of hydrogen-bond donors (Lipinski definition) is 13. The first kappa shape index (κ1) is 103. The first-order valence-electron chi connectivity index (χ1n) is 34.3. The van der Waals surface area contributed by atoms with Crippen LogP contribution in [-0.2, 0) is 128 Å². The zero-order chi connectivity index (χ0) is 79.7. The van der Waals surface area contributed by atoms with Gasteiger partial charge >= 0.3 is 27.2 Å². The number of amides is 3. The lowest BCUT2D eigenvalue weighted by molar-refractivity contribution is -0.270. The van der Waals surface area contributed by atoms with E-state index in [1.165, 1.54) is 56.1 Å². The van der Waals surface area contributed by atoms with E-state index in [4.69, 9.17) is 95.8 Å². The van der Waals surface area contributed by atoms with Gasteiger partial charge in [-0.25, -0.2) is 18.3 Å². The van der Waals surface area contributed by atoms with Crippen LogP contribution in [0, 0.1) is 5.41 Å². The molecule has 2 fully saturated rings. The van der Waals surface area contributed by atoms with Crippen molar-refractivity contribution in [3.8, 4) is 0 Å². The van der Waals surface area contributed by atoms with Crippen molar-refractivity contribution in [2.75, 3.05) is 174 Å². The molecule has 0 aromatic rings. The Morgan fingerprint density at radius 3 is 1.10 bits per heavy atom. The summed E-state index contributed by atoms with van der Waals surface area (Å²) in [5.41, 5.74) is -1.14. The molecule has 0 aromatic carbocycles. The Hall–Kier alpha value is -0.510. The van der Waals surface area contributed by atoms with Gasteiger partial charge in [0, 0.05) is 67.0 Å². The summed E-state index contributed by atoms with van der Waals surface area (Å²) in [6, 6.07) is -3.32. The second kappa shape index (κ2) is 58.4. The Balaban J connectivity index is 2.22. The van der Waals surface area contributed by atoms with E-state index < -0.39 is 163 Å². The number of aliphatic hydroxyl groups excluding tert-OH is 9. The van der Waals surface area contributed by atoms with Crippen molar-refractivity contribution in [2.45, 2.75) is 178 Å².